The molecule has 2 unspecified atom stereocenters. The van der Waals surface area contributed by atoms with Gasteiger partial charge in [-0.2, -0.15) is 0 Å². The highest BCUT2D eigenvalue weighted by Gasteiger charge is 2.24. The van der Waals surface area contributed by atoms with Crippen LogP contribution in [0.1, 0.15) is 65.3 Å². The molecule has 244 valence electrons. The average Bonchev–Trinajstić information content (AvgIpc) is 3.58. The highest BCUT2D eigenvalue weighted by molar-refractivity contribution is 9.10. The molecule has 13 heteroatoms. The summed E-state index contributed by atoms with van der Waals surface area (Å²) in [6.45, 7) is 11.5. The molecular formula is C33H38Br2N6O5. The van der Waals surface area contributed by atoms with E-state index >= 15 is 0 Å². The van der Waals surface area contributed by atoms with Gasteiger partial charge in [0.2, 0.25) is 5.91 Å². The fourth-order valence-electron chi connectivity index (χ4n) is 4.73. The summed E-state index contributed by atoms with van der Waals surface area (Å²) in [4.78, 5) is 44.8. The van der Waals surface area contributed by atoms with Gasteiger partial charge in [0.25, 0.3) is 0 Å². The zero-order valence-corrected chi connectivity index (χ0v) is 29.8. The zero-order valence-electron chi connectivity index (χ0n) is 26.6. The molecule has 2 aromatic heterocycles. The summed E-state index contributed by atoms with van der Waals surface area (Å²) in [7, 11) is 0. The lowest BCUT2D eigenvalue weighted by molar-refractivity contribution is -0.143. The summed E-state index contributed by atoms with van der Waals surface area (Å²) < 4.78 is 16.0. The van der Waals surface area contributed by atoms with Crippen LogP contribution < -0.4 is 10.6 Å². The van der Waals surface area contributed by atoms with E-state index < -0.39 is 17.7 Å². The van der Waals surface area contributed by atoms with Crippen LogP contribution in [-0.4, -0.2) is 49.3 Å². The van der Waals surface area contributed by atoms with Crippen LogP contribution in [0.3, 0.4) is 0 Å². The van der Waals surface area contributed by atoms with Crippen molar-refractivity contribution in [3.8, 4) is 22.5 Å². The minimum atomic E-state index is -0.604. The molecule has 46 heavy (non-hydrogen) atoms. The summed E-state index contributed by atoms with van der Waals surface area (Å²) in [5, 5.41) is 5.65. The molecular weight excluding hydrogens is 720 g/mol. The quantitative estimate of drug-likeness (QED) is 0.195. The third-order valence-electron chi connectivity index (χ3n) is 6.70. The maximum absolute atomic E-state index is 12.1. The highest BCUT2D eigenvalue weighted by atomic mass is 79.9. The van der Waals surface area contributed by atoms with E-state index in [1.165, 1.54) is 0 Å². The number of ether oxygens (including phenoxy) is 2. The normalized spacial score (nSPS) is 14.7. The number of carbonyl (C=O) groups excluding carboxylic acids is 3. The van der Waals surface area contributed by atoms with Gasteiger partial charge in [-0.1, -0.05) is 56.1 Å². The molecule has 2 amide bonds. The van der Waals surface area contributed by atoms with Crippen LogP contribution >= 0.6 is 31.9 Å². The van der Waals surface area contributed by atoms with E-state index in [-0.39, 0.29) is 24.5 Å². The van der Waals surface area contributed by atoms with E-state index in [2.05, 4.69) is 52.5 Å². The number of nitrogens with one attached hydrogen (secondary N) is 2. The largest absolute Gasteiger partial charge is 0.465 e. The second kappa shape index (κ2) is 15.1. The van der Waals surface area contributed by atoms with Gasteiger partial charge < -0.3 is 29.2 Å². The number of esters is 1. The molecule has 11 nitrogen and oxygen atoms in total. The predicted octanol–water partition coefficient (Wildman–Crippen LogP) is 6.96. The number of alkyl carbamates (subject to hydrolysis) is 1. The number of fused-ring (bicyclic) bond motifs is 1. The van der Waals surface area contributed by atoms with E-state index in [1.54, 1.807) is 45.4 Å². The number of rotatable bonds is 7. The van der Waals surface area contributed by atoms with Crippen molar-refractivity contribution in [2.24, 2.45) is 0 Å². The zero-order chi connectivity index (χ0) is 33.6. The van der Waals surface area contributed by atoms with Crippen LogP contribution in [0.5, 0.6) is 0 Å². The molecule has 2 aromatic carbocycles. The minimum absolute atomic E-state index is 0.00698. The highest BCUT2D eigenvalue weighted by Crippen LogP contribution is 2.26. The second-order valence-corrected chi connectivity index (χ2v) is 13.5. The van der Waals surface area contributed by atoms with Gasteiger partial charge >= 0.3 is 12.1 Å². The Hall–Kier alpha value is -3.97. The Bertz CT molecular complexity index is 1680. The van der Waals surface area contributed by atoms with Gasteiger partial charge in [0.05, 0.1) is 30.1 Å². The smallest absolute Gasteiger partial charge is 0.408 e. The van der Waals surface area contributed by atoms with Gasteiger partial charge in [-0.15, -0.1) is 0 Å². The van der Waals surface area contributed by atoms with Crippen molar-refractivity contribution in [2.75, 3.05) is 6.61 Å². The fraction of sp³-hybridized carbons (Fsp3) is 0.364. The SMILES string of the molecule is CC1NC(=O)Cn2cc(-c3ccc(Br)cc3)nc21.CCOC(=O)Cn1cc(-c2ccc(Br)cc2)nc1C(C)NC(=O)OC(C)(C)C. The third-order valence-corrected chi connectivity index (χ3v) is 7.76. The van der Waals surface area contributed by atoms with Gasteiger partial charge in [-0.25, -0.2) is 14.8 Å². The first-order chi connectivity index (χ1) is 21.7. The minimum Gasteiger partial charge on any atom is -0.465 e. The van der Waals surface area contributed by atoms with E-state index in [9.17, 15) is 14.4 Å². The molecule has 0 bridgehead atoms. The van der Waals surface area contributed by atoms with Crippen molar-refractivity contribution < 1.29 is 23.9 Å². The van der Waals surface area contributed by atoms with Crippen molar-refractivity contribution in [3.05, 3.63) is 81.5 Å². The lowest BCUT2D eigenvalue weighted by Crippen LogP contribution is -2.37. The standard InChI is InChI=1S/C20H26BrN3O4.C13H12BrN3O/c1-6-27-17(25)12-24-11-16(14-7-9-15(21)10-8-14)23-18(24)13(2)22-19(26)28-20(3,4)5;1-8-13-16-11(6-17(13)7-12(18)15-8)9-2-4-10(14)5-3-9/h7-11,13H,6,12H2,1-5H3,(H,22,26);2-6,8H,7H2,1H3,(H,15,18). The third kappa shape index (κ3) is 9.52. The van der Waals surface area contributed by atoms with Gasteiger partial charge in [-0.05, 0) is 65.8 Å². The van der Waals surface area contributed by atoms with Crippen molar-refractivity contribution in [1.82, 2.24) is 29.7 Å². The summed E-state index contributed by atoms with van der Waals surface area (Å²) >= 11 is 6.83. The number of hydrogen-bond acceptors (Lipinski definition) is 7. The molecule has 4 aromatic rings. The van der Waals surface area contributed by atoms with Gasteiger partial charge in [0, 0.05) is 32.5 Å². The fourth-order valence-corrected chi connectivity index (χ4v) is 5.25. The number of hydrogen-bond donors (Lipinski definition) is 2. The molecule has 1 aliphatic heterocycles. The molecule has 0 saturated carbocycles. The number of amides is 2. The Kier molecular flexibility index (Phi) is 11.4. The Morgan fingerprint density at radius 2 is 1.57 bits per heavy atom. The molecule has 2 atom stereocenters. The molecule has 3 heterocycles. The first kappa shape index (κ1) is 34.9. The molecule has 0 radical (unpaired) electrons. The number of aromatic nitrogens is 4. The first-order valence-corrected chi connectivity index (χ1v) is 16.4. The summed E-state index contributed by atoms with van der Waals surface area (Å²) in [5.74, 6) is 1.12. The number of halogens is 2. The Morgan fingerprint density at radius 1 is 1.00 bits per heavy atom. The number of carbonyl (C=O) groups is 3. The maximum Gasteiger partial charge on any atom is 0.408 e. The van der Waals surface area contributed by atoms with Crippen LogP contribution in [0.15, 0.2) is 69.9 Å². The number of imidazole rings is 2. The topological polar surface area (TPSA) is 129 Å². The van der Waals surface area contributed by atoms with Crippen LogP contribution in [0.25, 0.3) is 22.5 Å². The average molecular weight is 759 g/mol. The monoisotopic (exact) mass is 756 g/mol. The van der Waals surface area contributed by atoms with Crippen LogP contribution in [0.4, 0.5) is 4.79 Å². The Morgan fingerprint density at radius 3 is 2.11 bits per heavy atom. The van der Waals surface area contributed by atoms with E-state index in [4.69, 9.17) is 9.47 Å². The summed E-state index contributed by atoms with van der Waals surface area (Å²) in [5.41, 5.74) is 2.95. The molecule has 0 fully saturated rings. The molecule has 2 N–H and O–H groups in total. The summed E-state index contributed by atoms with van der Waals surface area (Å²) in [6.07, 6.45) is 3.17. The summed E-state index contributed by atoms with van der Waals surface area (Å²) in [6, 6.07) is 15.2. The van der Waals surface area contributed by atoms with Gasteiger partial charge in [0.15, 0.2) is 0 Å². The van der Waals surface area contributed by atoms with Crippen LogP contribution in [-0.2, 0) is 32.2 Å². The molecule has 0 saturated heterocycles. The van der Waals surface area contributed by atoms with Crippen molar-refractivity contribution >= 4 is 49.8 Å². The number of nitrogens with zero attached hydrogens (tertiary/aromatic N) is 4. The molecule has 1 aliphatic rings. The van der Waals surface area contributed by atoms with E-state index in [1.807, 2.05) is 66.2 Å². The van der Waals surface area contributed by atoms with Crippen LogP contribution in [0, 0.1) is 0 Å². The predicted molar refractivity (Wildman–Crippen MR) is 182 cm³/mol. The Labute approximate surface area is 285 Å². The van der Waals surface area contributed by atoms with Gasteiger partial charge in [0.1, 0.15) is 30.3 Å². The molecule has 5 rings (SSSR count). The number of benzene rings is 2. The van der Waals surface area contributed by atoms with Crippen molar-refractivity contribution in [3.63, 3.8) is 0 Å². The lowest BCUT2D eigenvalue weighted by atomic mass is 10.2. The second-order valence-electron chi connectivity index (χ2n) is 11.7. The van der Waals surface area contributed by atoms with E-state index in [0.717, 1.165) is 31.6 Å². The maximum atomic E-state index is 12.1. The molecule has 0 spiro atoms. The Balaban J connectivity index is 0.000000228. The van der Waals surface area contributed by atoms with Crippen molar-refractivity contribution in [2.45, 2.75) is 72.3 Å². The first-order valence-electron chi connectivity index (χ1n) is 14.8. The van der Waals surface area contributed by atoms with Gasteiger partial charge in [-0.3, -0.25) is 9.59 Å². The molecule has 0 aliphatic carbocycles. The van der Waals surface area contributed by atoms with Crippen LogP contribution in [0.2, 0.25) is 0 Å². The lowest BCUT2D eigenvalue weighted by Gasteiger charge is -2.22. The van der Waals surface area contributed by atoms with E-state index in [0.29, 0.717) is 24.7 Å². The van der Waals surface area contributed by atoms with Crippen molar-refractivity contribution in [1.29, 1.82) is 0 Å².